The van der Waals surface area contributed by atoms with Crippen LogP contribution in [0.5, 0.6) is 0 Å². The molecular weight excluding hydrogens is 184 g/mol. The molecule has 0 unspecified atom stereocenters. The Morgan fingerprint density at radius 2 is 1.53 bits per heavy atom. The molecular formula is C13H18N2. The number of piperazine rings is 1. The van der Waals surface area contributed by atoms with Gasteiger partial charge < -0.3 is 10.6 Å². The molecule has 1 aromatic carbocycles. The molecule has 1 aliphatic heterocycles. The van der Waals surface area contributed by atoms with Gasteiger partial charge in [-0.3, -0.25) is 0 Å². The van der Waals surface area contributed by atoms with Crippen molar-refractivity contribution in [3.63, 3.8) is 0 Å². The van der Waals surface area contributed by atoms with Gasteiger partial charge in [-0.25, -0.2) is 0 Å². The third-order valence-corrected chi connectivity index (χ3v) is 2.65. The van der Waals surface area contributed by atoms with Gasteiger partial charge in [0.25, 0.3) is 0 Å². The summed E-state index contributed by atoms with van der Waals surface area (Å²) in [5.74, 6) is 0. The number of hydrogen-bond donors (Lipinski definition) is 2. The number of allylic oxidation sites excluding steroid dienone is 1. The molecule has 2 aliphatic rings. The molecule has 0 atom stereocenters. The van der Waals surface area contributed by atoms with Gasteiger partial charge >= 0.3 is 0 Å². The lowest BCUT2D eigenvalue weighted by Gasteiger charge is -2.11. The fourth-order valence-corrected chi connectivity index (χ4v) is 1.80. The highest BCUT2D eigenvalue weighted by Crippen LogP contribution is 2.17. The van der Waals surface area contributed by atoms with Crippen molar-refractivity contribution >= 4 is 6.08 Å². The van der Waals surface area contributed by atoms with Gasteiger partial charge in [-0.2, -0.15) is 0 Å². The summed E-state index contributed by atoms with van der Waals surface area (Å²) in [6.45, 7) is 4.56. The summed E-state index contributed by atoms with van der Waals surface area (Å²) in [5, 5.41) is 6.44. The third-order valence-electron chi connectivity index (χ3n) is 2.65. The van der Waals surface area contributed by atoms with Crippen LogP contribution in [-0.4, -0.2) is 26.2 Å². The lowest BCUT2D eigenvalue weighted by atomic mass is 10.1. The van der Waals surface area contributed by atoms with Crippen molar-refractivity contribution in [2.75, 3.05) is 26.2 Å². The zero-order valence-corrected chi connectivity index (χ0v) is 9.00. The second-order valence-electron chi connectivity index (χ2n) is 3.81. The summed E-state index contributed by atoms with van der Waals surface area (Å²) in [5.41, 5.74) is 2.84. The van der Waals surface area contributed by atoms with Crippen LogP contribution in [0.2, 0.25) is 0 Å². The van der Waals surface area contributed by atoms with Crippen LogP contribution in [0, 0.1) is 0 Å². The normalized spacial score (nSPS) is 17.9. The Morgan fingerprint density at radius 1 is 0.867 bits per heavy atom. The van der Waals surface area contributed by atoms with E-state index in [0.29, 0.717) is 0 Å². The van der Waals surface area contributed by atoms with Gasteiger partial charge in [0.1, 0.15) is 0 Å². The van der Waals surface area contributed by atoms with Crippen molar-refractivity contribution in [2.24, 2.45) is 0 Å². The molecule has 3 rings (SSSR count). The van der Waals surface area contributed by atoms with E-state index in [1.165, 1.54) is 11.1 Å². The number of benzene rings is 1. The Kier molecular flexibility index (Phi) is 3.94. The molecule has 2 nitrogen and oxygen atoms in total. The average molecular weight is 202 g/mol. The summed E-state index contributed by atoms with van der Waals surface area (Å²) in [6.07, 6.45) is 5.50. The molecule has 1 saturated heterocycles. The van der Waals surface area contributed by atoms with E-state index in [4.69, 9.17) is 0 Å². The van der Waals surface area contributed by atoms with Gasteiger partial charge in [0.05, 0.1) is 0 Å². The highest BCUT2D eigenvalue weighted by molar-refractivity contribution is 5.59. The number of rotatable bonds is 0. The Hall–Kier alpha value is -1.12. The fourth-order valence-electron chi connectivity index (χ4n) is 1.80. The highest BCUT2D eigenvalue weighted by atomic mass is 15.0. The molecule has 2 N–H and O–H groups in total. The molecule has 0 bridgehead atoms. The minimum absolute atomic E-state index is 1.12. The third kappa shape index (κ3) is 3.18. The SMILES string of the molecule is C1=Cc2ccccc2C1.C1CNCCN1. The topological polar surface area (TPSA) is 24.1 Å². The van der Waals surface area contributed by atoms with Crippen molar-refractivity contribution in [2.45, 2.75) is 6.42 Å². The average Bonchev–Trinajstić information content (AvgIpc) is 2.80. The second kappa shape index (κ2) is 5.69. The van der Waals surface area contributed by atoms with Gasteiger partial charge in [0, 0.05) is 26.2 Å². The van der Waals surface area contributed by atoms with Crippen LogP contribution in [-0.2, 0) is 6.42 Å². The van der Waals surface area contributed by atoms with E-state index >= 15 is 0 Å². The van der Waals surface area contributed by atoms with Crippen LogP contribution >= 0.6 is 0 Å². The summed E-state index contributed by atoms with van der Waals surface area (Å²) < 4.78 is 0. The van der Waals surface area contributed by atoms with E-state index in [2.05, 4.69) is 47.1 Å². The number of nitrogens with one attached hydrogen (secondary N) is 2. The van der Waals surface area contributed by atoms with E-state index in [-0.39, 0.29) is 0 Å². The molecule has 0 amide bonds. The number of fused-ring (bicyclic) bond motifs is 1. The smallest absolute Gasteiger partial charge is 0.00772 e. The Bertz CT molecular complexity index is 316. The monoisotopic (exact) mass is 202 g/mol. The van der Waals surface area contributed by atoms with Crippen LogP contribution < -0.4 is 10.6 Å². The predicted octanol–water partition coefficient (Wildman–Crippen LogP) is 1.44. The summed E-state index contributed by atoms with van der Waals surface area (Å²) in [7, 11) is 0. The first-order valence-corrected chi connectivity index (χ1v) is 5.63. The first-order valence-electron chi connectivity index (χ1n) is 5.63. The van der Waals surface area contributed by atoms with Crippen molar-refractivity contribution in [1.29, 1.82) is 0 Å². The Balaban J connectivity index is 0.000000124. The molecule has 1 heterocycles. The van der Waals surface area contributed by atoms with Crippen molar-refractivity contribution in [3.05, 3.63) is 41.5 Å². The van der Waals surface area contributed by atoms with Gasteiger partial charge in [-0.15, -0.1) is 0 Å². The van der Waals surface area contributed by atoms with E-state index in [9.17, 15) is 0 Å². The maximum absolute atomic E-state index is 3.22. The van der Waals surface area contributed by atoms with Crippen molar-refractivity contribution in [1.82, 2.24) is 10.6 Å². The summed E-state index contributed by atoms with van der Waals surface area (Å²) in [6, 6.07) is 8.49. The minimum Gasteiger partial charge on any atom is -0.314 e. The lowest BCUT2D eigenvalue weighted by molar-refractivity contribution is 0.534. The molecule has 15 heavy (non-hydrogen) atoms. The standard InChI is InChI=1S/C9H8.C4H10N2/c1-2-5-9-7-3-6-8(9)4-1;1-2-6-4-3-5-1/h1-6H,7H2;5-6H,1-4H2. The zero-order chi connectivity index (χ0) is 10.3. The molecule has 80 valence electrons. The van der Waals surface area contributed by atoms with Crippen molar-refractivity contribution in [3.8, 4) is 0 Å². The van der Waals surface area contributed by atoms with Gasteiger partial charge in [0.2, 0.25) is 0 Å². The minimum atomic E-state index is 1.12. The highest BCUT2D eigenvalue weighted by Gasteiger charge is 2.00. The number of hydrogen-bond acceptors (Lipinski definition) is 2. The van der Waals surface area contributed by atoms with Crippen LogP contribution in [0.25, 0.3) is 6.08 Å². The molecule has 0 saturated carbocycles. The summed E-state index contributed by atoms with van der Waals surface area (Å²) in [4.78, 5) is 0. The predicted molar refractivity (Wildman–Crippen MR) is 64.9 cm³/mol. The fraction of sp³-hybridized carbons (Fsp3) is 0.385. The zero-order valence-electron chi connectivity index (χ0n) is 9.00. The maximum Gasteiger partial charge on any atom is 0.00772 e. The second-order valence-corrected chi connectivity index (χ2v) is 3.81. The first-order chi connectivity index (χ1) is 7.47. The van der Waals surface area contributed by atoms with Crippen LogP contribution in [0.15, 0.2) is 30.3 Å². The van der Waals surface area contributed by atoms with Crippen LogP contribution in [0.4, 0.5) is 0 Å². The van der Waals surface area contributed by atoms with Gasteiger partial charge in [-0.1, -0.05) is 36.4 Å². The van der Waals surface area contributed by atoms with E-state index < -0.39 is 0 Å². The Labute approximate surface area is 91.4 Å². The molecule has 1 aromatic rings. The van der Waals surface area contributed by atoms with E-state index in [1.54, 1.807) is 0 Å². The summed E-state index contributed by atoms with van der Waals surface area (Å²) >= 11 is 0. The molecule has 1 fully saturated rings. The Morgan fingerprint density at radius 3 is 2.13 bits per heavy atom. The molecule has 0 radical (unpaired) electrons. The van der Waals surface area contributed by atoms with E-state index in [0.717, 1.165) is 32.6 Å². The molecule has 0 aromatic heterocycles. The molecule has 1 aliphatic carbocycles. The van der Waals surface area contributed by atoms with Crippen LogP contribution in [0.3, 0.4) is 0 Å². The van der Waals surface area contributed by atoms with Gasteiger partial charge in [-0.05, 0) is 17.5 Å². The van der Waals surface area contributed by atoms with E-state index in [1.807, 2.05) is 0 Å². The quantitative estimate of drug-likeness (QED) is 0.665. The maximum atomic E-state index is 3.22. The van der Waals surface area contributed by atoms with Crippen LogP contribution in [0.1, 0.15) is 11.1 Å². The lowest BCUT2D eigenvalue weighted by Crippen LogP contribution is -2.39. The molecule has 0 spiro atoms. The van der Waals surface area contributed by atoms with Crippen molar-refractivity contribution < 1.29 is 0 Å². The largest absolute Gasteiger partial charge is 0.314 e. The first kappa shape index (κ1) is 10.4. The molecule has 2 heteroatoms. The van der Waals surface area contributed by atoms with Gasteiger partial charge in [0.15, 0.2) is 0 Å².